The lowest BCUT2D eigenvalue weighted by atomic mass is 10.2. The summed E-state index contributed by atoms with van der Waals surface area (Å²) in [7, 11) is -4.56. The zero-order valence-corrected chi connectivity index (χ0v) is 16.8. The van der Waals surface area contributed by atoms with Crippen LogP contribution in [0.2, 0.25) is 0 Å². The van der Waals surface area contributed by atoms with Gasteiger partial charge in [-0.05, 0) is 25.1 Å². The van der Waals surface area contributed by atoms with Crippen LogP contribution in [0.15, 0.2) is 47.6 Å². The maximum absolute atomic E-state index is 13.2. The van der Waals surface area contributed by atoms with Gasteiger partial charge in [0.1, 0.15) is 0 Å². The Hall–Kier alpha value is -2.73. The lowest BCUT2D eigenvalue weighted by molar-refractivity contribution is -0.139. The van der Waals surface area contributed by atoms with E-state index in [4.69, 9.17) is 0 Å². The van der Waals surface area contributed by atoms with Gasteiger partial charge in [-0.15, -0.1) is 0 Å². The quantitative estimate of drug-likeness (QED) is 0.753. The van der Waals surface area contributed by atoms with Crippen LogP contribution in [0.1, 0.15) is 12.5 Å². The van der Waals surface area contributed by atoms with Crippen LogP contribution in [-0.2, 0) is 21.0 Å². The van der Waals surface area contributed by atoms with E-state index < -0.39 is 38.6 Å². The Morgan fingerprint density at radius 1 is 1.07 bits per heavy atom. The second kappa shape index (κ2) is 8.56. The lowest BCUT2D eigenvalue weighted by Crippen LogP contribution is -2.54. The van der Waals surface area contributed by atoms with Crippen LogP contribution in [0.3, 0.4) is 0 Å². The minimum Gasteiger partial charge on any atom is -0.338 e. The molecule has 0 radical (unpaired) electrons. The van der Waals surface area contributed by atoms with E-state index in [-0.39, 0.29) is 0 Å². The third-order valence-electron chi connectivity index (χ3n) is 4.61. The summed E-state index contributed by atoms with van der Waals surface area (Å²) in [4.78, 5) is 23.4. The van der Waals surface area contributed by atoms with Crippen molar-refractivity contribution in [3.8, 4) is 0 Å². The van der Waals surface area contributed by atoms with E-state index in [1.165, 1.54) is 17.9 Å². The normalized spacial score (nSPS) is 16.4. The van der Waals surface area contributed by atoms with E-state index >= 15 is 0 Å². The SMILES string of the molecule is C[C@@H](NS(=O)(=O)c1ccccc1C(F)(F)F)C(=O)N1CCN(c2ncccn2)CC1. The first kappa shape index (κ1) is 22.0. The van der Waals surface area contributed by atoms with Crippen molar-refractivity contribution in [2.75, 3.05) is 31.1 Å². The Bertz CT molecular complexity index is 994. The number of hydrogen-bond donors (Lipinski definition) is 1. The van der Waals surface area contributed by atoms with Gasteiger partial charge in [0.25, 0.3) is 0 Å². The lowest BCUT2D eigenvalue weighted by Gasteiger charge is -2.35. The fourth-order valence-electron chi connectivity index (χ4n) is 3.14. The number of carbonyl (C=O) groups is 1. The molecule has 30 heavy (non-hydrogen) atoms. The van der Waals surface area contributed by atoms with Gasteiger partial charge in [-0.2, -0.15) is 17.9 Å². The monoisotopic (exact) mass is 443 g/mol. The molecule has 162 valence electrons. The van der Waals surface area contributed by atoms with Crippen molar-refractivity contribution in [1.82, 2.24) is 19.6 Å². The molecule has 1 aromatic carbocycles. The zero-order valence-electron chi connectivity index (χ0n) is 16.0. The van der Waals surface area contributed by atoms with Crippen LogP contribution in [-0.4, -0.2) is 61.4 Å². The van der Waals surface area contributed by atoms with Crippen molar-refractivity contribution in [3.05, 3.63) is 48.3 Å². The smallest absolute Gasteiger partial charge is 0.338 e. The largest absolute Gasteiger partial charge is 0.417 e. The molecule has 1 aromatic heterocycles. The van der Waals surface area contributed by atoms with Gasteiger partial charge in [0.2, 0.25) is 21.9 Å². The van der Waals surface area contributed by atoms with Crippen molar-refractivity contribution >= 4 is 21.9 Å². The molecule has 0 bridgehead atoms. The van der Waals surface area contributed by atoms with E-state index in [0.29, 0.717) is 38.2 Å². The van der Waals surface area contributed by atoms with Gasteiger partial charge in [0.05, 0.1) is 16.5 Å². The molecule has 3 rings (SSSR count). The number of halogens is 3. The molecule has 12 heteroatoms. The average Bonchev–Trinajstić information content (AvgIpc) is 2.73. The van der Waals surface area contributed by atoms with E-state index in [0.717, 1.165) is 12.1 Å². The number of carbonyl (C=O) groups excluding carboxylic acids is 1. The van der Waals surface area contributed by atoms with Crippen LogP contribution in [0.25, 0.3) is 0 Å². The molecule has 1 fully saturated rings. The number of nitrogens with one attached hydrogen (secondary N) is 1. The highest BCUT2D eigenvalue weighted by atomic mass is 32.2. The van der Waals surface area contributed by atoms with Crippen molar-refractivity contribution in [1.29, 1.82) is 0 Å². The van der Waals surface area contributed by atoms with E-state index in [1.54, 1.807) is 18.5 Å². The third kappa shape index (κ3) is 4.87. The summed E-state index contributed by atoms with van der Waals surface area (Å²) in [5, 5.41) is 0. The Morgan fingerprint density at radius 3 is 2.27 bits per heavy atom. The zero-order chi connectivity index (χ0) is 21.9. The third-order valence-corrected chi connectivity index (χ3v) is 6.21. The van der Waals surface area contributed by atoms with Gasteiger partial charge < -0.3 is 9.80 Å². The molecule has 1 aliphatic heterocycles. The van der Waals surface area contributed by atoms with Crippen molar-refractivity contribution in [2.24, 2.45) is 0 Å². The second-order valence-electron chi connectivity index (χ2n) is 6.70. The topological polar surface area (TPSA) is 95.5 Å². The number of nitrogens with zero attached hydrogens (tertiary/aromatic N) is 4. The molecule has 0 spiro atoms. The number of alkyl halides is 3. The van der Waals surface area contributed by atoms with Crippen LogP contribution in [0.5, 0.6) is 0 Å². The molecule has 0 unspecified atom stereocenters. The Balaban J connectivity index is 1.66. The molecular weight excluding hydrogens is 423 g/mol. The Kier molecular flexibility index (Phi) is 6.27. The summed E-state index contributed by atoms with van der Waals surface area (Å²) in [6, 6.07) is 4.31. The fraction of sp³-hybridized carbons (Fsp3) is 0.389. The first-order valence-corrected chi connectivity index (χ1v) is 10.6. The summed E-state index contributed by atoms with van der Waals surface area (Å²) in [5.74, 6) is 0.0128. The van der Waals surface area contributed by atoms with Crippen LogP contribution < -0.4 is 9.62 Å². The van der Waals surface area contributed by atoms with Gasteiger partial charge in [0, 0.05) is 38.6 Å². The van der Waals surface area contributed by atoms with E-state index in [9.17, 15) is 26.4 Å². The summed E-state index contributed by atoms with van der Waals surface area (Å²) in [6.45, 7) is 2.83. The summed E-state index contributed by atoms with van der Waals surface area (Å²) in [6.07, 6.45) is -1.63. The molecule has 1 atom stereocenters. The minimum atomic E-state index is -4.84. The molecule has 0 saturated carbocycles. The number of rotatable bonds is 5. The predicted molar refractivity (Wildman–Crippen MR) is 102 cm³/mol. The average molecular weight is 443 g/mol. The number of benzene rings is 1. The number of amides is 1. The van der Waals surface area contributed by atoms with Gasteiger partial charge in [0.15, 0.2) is 0 Å². The summed E-state index contributed by atoms with van der Waals surface area (Å²) >= 11 is 0. The maximum atomic E-state index is 13.2. The number of piperazine rings is 1. The van der Waals surface area contributed by atoms with Crippen molar-refractivity contribution < 1.29 is 26.4 Å². The van der Waals surface area contributed by atoms with Crippen LogP contribution >= 0.6 is 0 Å². The minimum absolute atomic E-state index is 0.308. The molecule has 8 nitrogen and oxygen atoms in total. The highest BCUT2D eigenvalue weighted by Gasteiger charge is 2.38. The highest BCUT2D eigenvalue weighted by Crippen LogP contribution is 2.33. The first-order chi connectivity index (χ1) is 14.1. The standard InChI is InChI=1S/C18H20F3N5O3S/c1-13(24-30(28,29)15-6-3-2-5-14(15)18(19,20)21)16(27)25-9-11-26(12-10-25)17-22-7-4-8-23-17/h2-8,13,24H,9-12H2,1H3/t13-/m1/s1. The summed E-state index contributed by atoms with van der Waals surface area (Å²) in [5.41, 5.74) is -1.28. The van der Waals surface area contributed by atoms with Crippen LogP contribution in [0.4, 0.5) is 19.1 Å². The fourth-order valence-corrected chi connectivity index (χ4v) is 4.56. The number of sulfonamides is 1. The Morgan fingerprint density at radius 2 is 1.67 bits per heavy atom. The molecule has 0 aliphatic carbocycles. The first-order valence-electron chi connectivity index (χ1n) is 9.09. The van der Waals surface area contributed by atoms with Crippen molar-refractivity contribution in [2.45, 2.75) is 24.0 Å². The van der Waals surface area contributed by atoms with Gasteiger partial charge in [-0.25, -0.2) is 18.4 Å². The molecule has 2 heterocycles. The number of anilines is 1. The van der Waals surface area contributed by atoms with Gasteiger partial charge in [-0.3, -0.25) is 4.79 Å². The number of hydrogen-bond acceptors (Lipinski definition) is 6. The second-order valence-corrected chi connectivity index (χ2v) is 8.38. The summed E-state index contributed by atoms with van der Waals surface area (Å²) < 4.78 is 66.6. The number of aromatic nitrogens is 2. The maximum Gasteiger partial charge on any atom is 0.417 e. The molecule has 1 N–H and O–H groups in total. The van der Waals surface area contributed by atoms with Crippen molar-refractivity contribution in [3.63, 3.8) is 0 Å². The molecule has 1 aliphatic rings. The van der Waals surface area contributed by atoms with Crippen LogP contribution in [0, 0.1) is 0 Å². The highest BCUT2D eigenvalue weighted by molar-refractivity contribution is 7.89. The molecule has 1 amide bonds. The molecule has 2 aromatic rings. The van der Waals surface area contributed by atoms with E-state index in [2.05, 4.69) is 14.7 Å². The van der Waals surface area contributed by atoms with E-state index in [1.807, 2.05) is 4.90 Å². The predicted octanol–water partition coefficient (Wildman–Crippen LogP) is 1.51. The van der Waals surface area contributed by atoms with Gasteiger partial charge >= 0.3 is 6.18 Å². The molecule has 1 saturated heterocycles. The van der Waals surface area contributed by atoms with Gasteiger partial charge in [-0.1, -0.05) is 12.1 Å². The molecular formula is C18H20F3N5O3S. The Labute approximate surface area is 171 Å².